The number of amides is 1. The van der Waals surface area contributed by atoms with Crippen molar-refractivity contribution in [2.24, 2.45) is 4.99 Å². The van der Waals surface area contributed by atoms with Gasteiger partial charge in [0, 0.05) is 19.2 Å². The lowest BCUT2D eigenvalue weighted by molar-refractivity contribution is 0.0558. The number of carbonyl (C=O) groups excluding carboxylic acids is 1. The van der Waals surface area contributed by atoms with Crippen LogP contribution in [-0.2, 0) is 31.6 Å². The molecule has 0 aliphatic carbocycles. The molecule has 0 fully saturated rings. The third-order valence-electron chi connectivity index (χ3n) is 5.44. The van der Waals surface area contributed by atoms with Gasteiger partial charge in [0.05, 0.1) is 12.4 Å². The molecular weight excluding hydrogens is 473 g/mol. The van der Waals surface area contributed by atoms with Crippen LogP contribution in [0.25, 0.3) is 0 Å². The second-order valence-electron chi connectivity index (χ2n) is 9.44. The van der Waals surface area contributed by atoms with Gasteiger partial charge in [0.15, 0.2) is 0 Å². The van der Waals surface area contributed by atoms with Crippen molar-refractivity contribution in [1.82, 2.24) is 9.62 Å². The van der Waals surface area contributed by atoms with Crippen LogP contribution in [0.15, 0.2) is 59.6 Å². The van der Waals surface area contributed by atoms with Gasteiger partial charge in [-0.15, -0.1) is 0 Å². The average molecular weight is 506 g/mol. The smallest absolute Gasteiger partial charge is 0.414 e. The van der Waals surface area contributed by atoms with E-state index in [1.807, 2.05) is 30.3 Å². The Labute approximate surface area is 206 Å². The summed E-state index contributed by atoms with van der Waals surface area (Å²) in [5.74, 6) is -1.24. The molecule has 35 heavy (non-hydrogen) atoms. The van der Waals surface area contributed by atoms with Crippen LogP contribution < -0.4 is 5.32 Å². The van der Waals surface area contributed by atoms with Crippen LogP contribution in [-0.4, -0.2) is 49.8 Å². The van der Waals surface area contributed by atoms with Gasteiger partial charge in [0.25, 0.3) is 0 Å². The van der Waals surface area contributed by atoms with Gasteiger partial charge in [-0.2, -0.15) is 0 Å². The van der Waals surface area contributed by atoms with Crippen LogP contribution in [0.1, 0.15) is 44.7 Å². The van der Waals surface area contributed by atoms with Crippen molar-refractivity contribution in [3.8, 4) is 0 Å². The van der Waals surface area contributed by atoms with E-state index in [-0.39, 0.29) is 17.9 Å². The first-order valence-corrected chi connectivity index (χ1v) is 13.0. The SMILES string of the molecule is CN1C(NC(=O)OC(C)(C)C)=NC(CCCOCc2ccccc2)(c2ccccc2F)CS1(=O)=O. The van der Waals surface area contributed by atoms with E-state index in [1.165, 1.54) is 25.2 Å². The first kappa shape index (κ1) is 26.6. The van der Waals surface area contributed by atoms with Crippen molar-refractivity contribution in [3.05, 3.63) is 71.5 Å². The number of hydrogen-bond donors (Lipinski definition) is 1. The Hall–Kier alpha value is -2.98. The zero-order chi connectivity index (χ0) is 25.7. The van der Waals surface area contributed by atoms with Gasteiger partial charge in [0.1, 0.15) is 17.0 Å². The number of alkyl carbamates (subject to hydrolysis) is 1. The largest absolute Gasteiger partial charge is 0.444 e. The number of ether oxygens (including phenoxy) is 2. The Bertz CT molecular complexity index is 1170. The number of benzene rings is 2. The summed E-state index contributed by atoms with van der Waals surface area (Å²) in [6, 6.07) is 15.6. The van der Waals surface area contributed by atoms with Crippen LogP contribution in [0.5, 0.6) is 0 Å². The van der Waals surface area contributed by atoms with E-state index in [9.17, 15) is 17.6 Å². The van der Waals surface area contributed by atoms with Gasteiger partial charge in [-0.25, -0.2) is 26.9 Å². The van der Waals surface area contributed by atoms with Crippen molar-refractivity contribution in [3.63, 3.8) is 0 Å². The molecule has 190 valence electrons. The molecule has 0 saturated carbocycles. The average Bonchev–Trinajstić information content (AvgIpc) is 2.76. The van der Waals surface area contributed by atoms with E-state index >= 15 is 0 Å². The normalized spacial score (nSPS) is 19.7. The molecular formula is C25H32FN3O5S. The number of carbonyl (C=O) groups is 1. The molecule has 1 unspecified atom stereocenters. The fraction of sp³-hybridized carbons (Fsp3) is 0.440. The first-order valence-electron chi connectivity index (χ1n) is 11.4. The Morgan fingerprint density at radius 1 is 1.14 bits per heavy atom. The predicted molar refractivity (Wildman–Crippen MR) is 132 cm³/mol. The highest BCUT2D eigenvalue weighted by Crippen LogP contribution is 2.38. The van der Waals surface area contributed by atoms with Crippen molar-refractivity contribution in [1.29, 1.82) is 0 Å². The van der Waals surface area contributed by atoms with E-state index in [0.29, 0.717) is 19.6 Å². The zero-order valence-electron chi connectivity index (χ0n) is 20.5. The van der Waals surface area contributed by atoms with E-state index in [2.05, 4.69) is 10.3 Å². The van der Waals surface area contributed by atoms with Crippen molar-refractivity contribution in [2.75, 3.05) is 19.4 Å². The number of guanidine groups is 1. The molecule has 3 rings (SSSR count). The van der Waals surface area contributed by atoms with E-state index < -0.39 is 38.8 Å². The maximum absolute atomic E-state index is 15.0. The molecule has 10 heteroatoms. The maximum Gasteiger partial charge on any atom is 0.414 e. The van der Waals surface area contributed by atoms with E-state index in [0.717, 1.165) is 9.87 Å². The van der Waals surface area contributed by atoms with Crippen LogP contribution in [0.2, 0.25) is 0 Å². The predicted octanol–water partition coefficient (Wildman–Crippen LogP) is 4.17. The third kappa shape index (κ3) is 7.02. The molecule has 2 aromatic rings. The minimum Gasteiger partial charge on any atom is -0.444 e. The summed E-state index contributed by atoms with van der Waals surface area (Å²) in [5, 5.41) is 2.43. The molecule has 0 saturated heterocycles. The number of rotatable bonds is 7. The van der Waals surface area contributed by atoms with Gasteiger partial charge < -0.3 is 9.47 Å². The van der Waals surface area contributed by atoms with Crippen molar-refractivity contribution >= 4 is 22.1 Å². The van der Waals surface area contributed by atoms with Crippen LogP contribution in [0, 0.1) is 5.82 Å². The van der Waals surface area contributed by atoms with Gasteiger partial charge in [0.2, 0.25) is 16.0 Å². The van der Waals surface area contributed by atoms with Crippen molar-refractivity contribution < 1.29 is 27.1 Å². The lowest BCUT2D eigenvalue weighted by Crippen LogP contribution is -2.55. The molecule has 0 bridgehead atoms. The van der Waals surface area contributed by atoms with Crippen LogP contribution >= 0.6 is 0 Å². The Balaban J connectivity index is 1.88. The van der Waals surface area contributed by atoms with Gasteiger partial charge in [-0.05, 0) is 45.2 Å². The van der Waals surface area contributed by atoms with E-state index in [4.69, 9.17) is 9.47 Å². The fourth-order valence-electron chi connectivity index (χ4n) is 3.81. The summed E-state index contributed by atoms with van der Waals surface area (Å²) in [4.78, 5) is 17.0. The Kier molecular flexibility index (Phi) is 8.17. The zero-order valence-corrected chi connectivity index (χ0v) is 21.3. The van der Waals surface area contributed by atoms with Gasteiger partial charge >= 0.3 is 6.09 Å². The third-order valence-corrected chi connectivity index (χ3v) is 7.28. The second-order valence-corrected chi connectivity index (χ2v) is 11.4. The second kappa shape index (κ2) is 10.7. The number of nitrogens with zero attached hydrogens (tertiary/aromatic N) is 2. The molecule has 1 aliphatic heterocycles. The highest BCUT2D eigenvalue weighted by molar-refractivity contribution is 7.89. The van der Waals surface area contributed by atoms with Crippen molar-refractivity contribution in [2.45, 2.75) is 51.4 Å². The number of sulfonamides is 1. The number of nitrogens with one attached hydrogen (secondary N) is 1. The molecule has 0 aromatic heterocycles. The van der Waals surface area contributed by atoms with Gasteiger partial charge in [-0.3, -0.25) is 5.32 Å². The fourth-order valence-corrected chi connectivity index (χ4v) is 5.32. The molecule has 1 aliphatic rings. The quantitative estimate of drug-likeness (QED) is 0.570. The summed E-state index contributed by atoms with van der Waals surface area (Å²) in [5.41, 5.74) is -1.09. The minimum atomic E-state index is -3.93. The molecule has 0 spiro atoms. The highest BCUT2D eigenvalue weighted by atomic mass is 32.2. The Morgan fingerprint density at radius 2 is 1.80 bits per heavy atom. The minimum absolute atomic E-state index is 0.142. The molecule has 1 heterocycles. The number of hydrogen-bond acceptors (Lipinski definition) is 6. The number of halogens is 1. The van der Waals surface area contributed by atoms with Gasteiger partial charge in [-0.1, -0.05) is 48.5 Å². The standard InChI is InChI=1S/C25H32FN3O5S/c1-24(2,3)34-23(30)27-22-28-25(18-35(31,32)29(22)4,20-13-8-9-14-21(20)26)15-10-16-33-17-19-11-6-5-7-12-19/h5-9,11-14H,10,15-18H2,1-4H3,(H,27,28,30). The topological polar surface area (TPSA) is 97.3 Å². The summed E-state index contributed by atoms with van der Waals surface area (Å²) in [6.45, 7) is 5.80. The molecule has 8 nitrogen and oxygen atoms in total. The highest BCUT2D eigenvalue weighted by Gasteiger charge is 2.45. The Morgan fingerprint density at radius 3 is 2.46 bits per heavy atom. The monoisotopic (exact) mass is 505 g/mol. The lowest BCUT2D eigenvalue weighted by atomic mass is 9.87. The van der Waals surface area contributed by atoms with E-state index in [1.54, 1.807) is 26.8 Å². The summed E-state index contributed by atoms with van der Waals surface area (Å²) < 4.78 is 53.1. The molecule has 1 N–H and O–H groups in total. The first-order chi connectivity index (χ1) is 16.4. The lowest BCUT2D eigenvalue weighted by Gasteiger charge is -2.38. The number of aliphatic imine (C=N–C) groups is 1. The summed E-state index contributed by atoms with van der Waals surface area (Å²) in [6.07, 6.45) is -0.243. The van der Waals surface area contributed by atoms with Crippen LogP contribution in [0.4, 0.5) is 9.18 Å². The molecule has 2 aromatic carbocycles. The van der Waals surface area contributed by atoms with Crippen LogP contribution in [0.3, 0.4) is 0 Å². The summed E-state index contributed by atoms with van der Waals surface area (Å²) in [7, 11) is -2.64. The molecule has 0 radical (unpaired) electrons. The molecule has 1 atom stereocenters. The molecule has 1 amide bonds. The maximum atomic E-state index is 15.0. The summed E-state index contributed by atoms with van der Waals surface area (Å²) >= 11 is 0.